The molecule has 0 bridgehead atoms. The maximum Gasteiger partial charge on any atom is 0.252 e. The van der Waals surface area contributed by atoms with Crippen LogP contribution in [0.25, 0.3) is 10.9 Å². The van der Waals surface area contributed by atoms with Crippen molar-refractivity contribution in [3.8, 4) is 5.75 Å². The number of hydrogen-bond acceptors (Lipinski definition) is 5. The summed E-state index contributed by atoms with van der Waals surface area (Å²) in [5, 5.41) is 7.45. The summed E-state index contributed by atoms with van der Waals surface area (Å²) in [6.45, 7) is 0. The summed E-state index contributed by atoms with van der Waals surface area (Å²) in [6.07, 6.45) is 5.76. The van der Waals surface area contributed by atoms with Gasteiger partial charge in [-0.05, 0) is 42.7 Å². The Hall–Kier alpha value is -3.87. The Morgan fingerprint density at radius 2 is 2.00 bits per heavy atom. The lowest BCUT2D eigenvalue weighted by Crippen LogP contribution is -2.26. The van der Waals surface area contributed by atoms with E-state index >= 15 is 0 Å². The zero-order valence-electron chi connectivity index (χ0n) is 18.1. The van der Waals surface area contributed by atoms with Crippen molar-refractivity contribution in [1.29, 1.82) is 0 Å². The molecule has 2 N–H and O–H groups in total. The van der Waals surface area contributed by atoms with Gasteiger partial charge in [-0.3, -0.25) is 4.79 Å². The molecule has 0 aliphatic heterocycles. The Morgan fingerprint density at radius 3 is 2.75 bits per heavy atom. The molecule has 2 aromatic heterocycles. The summed E-state index contributed by atoms with van der Waals surface area (Å²) < 4.78 is 7.40. The van der Waals surface area contributed by atoms with Crippen molar-refractivity contribution in [2.24, 2.45) is 7.05 Å². The maximum absolute atomic E-state index is 13.0. The molecule has 0 spiro atoms. The van der Waals surface area contributed by atoms with Crippen molar-refractivity contribution >= 4 is 22.6 Å². The van der Waals surface area contributed by atoms with Crippen LogP contribution in [0.5, 0.6) is 5.75 Å². The molecule has 1 aliphatic carbocycles. The third-order valence-corrected chi connectivity index (χ3v) is 5.71. The summed E-state index contributed by atoms with van der Waals surface area (Å²) in [5.41, 5.74) is 2.37. The number of benzene rings is 2. The lowest BCUT2D eigenvalue weighted by Gasteiger charge is -2.21. The Morgan fingerprint density at radius 1 is 1.16 bits per heavy atom. The molecule has 1 amide bonds. The van der Waals surface area contributed by atoms with Crippen LogP contribution in [0.2, 0.25) is 0 Å². The Balaban J connectivity index is 1.58. The number of pyridine rings is 1. The molecule has 1 saturated carbocycles. The lowest BCUT2D eigenvalue weighted by molar-refractivity contribution is 0.0952. The third-order valence-electron chi connectivity index (χ3n) is 5.71. The first-order valence-corrected chi connectivity index (χ1v) is 10.7. The molecule has 0 radical (unpaired) electrons. The number of amides is 1. The van der Waals surface area contributed by atoms with Crippen LogP contribution < -0.4 is 15.4 Å². The van der Waals surface area contributed by atoms with Crippen LogP contribution in [-0.4, -0.2) is 33.6 Å². The number of para-hydroxylation sites is 1. The van der Waals surface area contributed by atoms with E-state index < -0.39 is 0 Å². The Labute approximate surface area is 186 Å². The van der Waals surface area contributed by atoms with Crippen LogP contribution in [0, 0.1) is 0 Å². The van der Waals surface area contributed by atoms with E-state index in [1.165, 1.54) is 0 Å². The topological polar surface area (TPSA) is 81.1 Å². The van der Waals surface area contributed by atoms with Gasteiger partial charge in [0.05, 0.1) is 18.2 Å². The van der Waals surface area contributed by atoms with Gasteiger partial charge in [0, 0.05) is 30.9 Å². The standard InChI is InChI=1S/C25H25N5O2/c1-30-13-12-26-24(30)23(16-6-5-7-18(14-16)32-2)29-22-15-20(25(31)27-17-10-11-17)19-8-3-4-9-21(19)28-22/h3-9,12-15,17,23H,10-11H2,1-2H3,(H,27,31)(H,28,29). The lowest BCUT2D eigenvalue weighted by atomic mass is 10.0. The maximum atomic E-state index is 13.0. The van der Waals surface area contributed by atoms with Crippen molar-refractivity contribution in [2.45, 2.75) is 24.9 Å². The van der Waals surface area contributed by atoms with E-state index in [2.05, 4.69) is 15.6 Å². The number of nitrogens with zero attached hydrogens (tertiary/aromatic N) is 3. The van der Waals surface area contributed by atoms with E-state index in [9.17, 15) is 4.79 Å². The predicted molar refractivity (Wildman–Crippen MR) is 124 cm³/mol. The van der Waals surface area contributed by atoms with Crippen LogP contribution in [0.15, 0.2) is 67.0 Å². The van der Waals surface area contributed by atoms with Crippen molar-refractivity contribution in [3.63, 3.8) is 0 Å². The Bertz CT molecular complexity index is 1280. The number of aromatic nitrogens is 3. The van der Waals surface area contributed by atoms with E-state index in [1.807, 2.05) is 72.4 Å². The van der Waals surface area contributed by atoms with Gasteiger partial charge < -0.3 is 19.9 Å². The van der Waals surface area contributed by atoms with E-state index in [-0.39, 0.29) is 18.0 Å². The summed E-state index contributed by atoms with van der Waals surface area (Å²) in [4.78, 5) is 22.3. The van der Waals surface area contributed by atoms with Crippen LogP contribution in [-0.2, 0) is 7.05 Å². The van der Waals surface area contributed by atoms with Gasteiger partial charge in [-0.1, -0.05) is 30.3 Å². The minimum absolute atomic E-state index is 0.0657. The second kappa shape index (κ2) is 8.34. The van der Waals surface area contributed by atoms with Gasteiger partial charge in [0.15, 0.2) is 0 Å². The quantitative estimate of drug-likeness (QED) is 0.465. The van der Waals surface area contributed by atoms with E-state index in [0.29, 0.717) is 11.4 Å². The fraction of sp³-hybridized carbons (Fsp3) is 0.240. The normalized spacial score (nSPS) is 14.2. The van der Waals surface area contributed by atoms with Crippen LogP contribution in [0.3, 0.4) is 0 Å². The van der Waals surface area contributed by atoms with E-state index in [4.69, 9.17) is 9.72 Å². The SMILES string of the molecule is COc1cccc(C(Nc2cc(C(=O)NC3CC3)c3ccccc3n2)c2nccn2C)c1. The average molecular weight is 428 g/mol. The van der Waals surface area contributed by atoms with E-state index in [0.717, 1.165) is 40.9 Å². The number of anilines is 1. The summed E-state index contributed by atoms with van der Waals surface area (Å²) in [7, 11) is 3.61. The average Bonchev–Trinajstić information content (AvgIpc) is 3.54. The summed E-state index contributed by atoms with van der Waals surface area (Å²) in [5.74, 6) is 2.14. The first-order valence-electron chi connectivity index (χ1n) is 10.7. The number of fused-ring (bicyclic) bond motifs is 1. The molecule has 1 fully saturated rings. The molecule has 1 aliphatic rings. The number of aryl methyl sites for hydroxylation is 1. The summed E-state index contributed by atoms with van der Waals surface area (Å²) >= 11 is 0. The highest BCUT2D eigenvalue weighted by Crippen LogP contribution is 2.30. The molecular formula is C25H25N5O2. The van der Waals surface area contributed by atoms with Crippen molar-refractivity contribution in [2.75, 3.05) is 12.4 Å². The van der Waals surface area contributed by atoms with Gasteiger partial charge in [-0.15, -0.1) is 0 Å². The molecule has 7 nitrogen and oxygen atoms in total. The number of hydrogen-bond donors (Lipinski definition) is 2. The predicted octanol–water partition coefficient (Wildman–Crippen LogP) is 4.07. The highest BCUT2D eigenvalue weighted by atomic mass is 16.5. The second-order valence-electron chi connectivity index (χ2n) is 8.07. The van der Waals surface area contributed by atoms with Crippen molar-refractivity contribution in [1.82, 2.24) is 19.9 Å². The largest absolute Gasteiger partial charge is 0.497 e. The number of nitrogens with one attached hydrogen (secondary N) is 2. The number of rotatable bonds is 7. The van der Waals surface area contributed by atoms with Crippen molar-refractivity contribution < 1.29 is 9.53 Å². The first-order chi connectivity index (χ1) is 15.6. The van der Waals surface area contributed by atoms with Gasteiger partial charge in [-0.2, -0.15) is 0 Å². The molecule has 5 rings (SSSR count). The molecular weight excluding hydrogens is 402 g/mol. The molecule has 2 aromatic carbocycles. The molecule has 7 heteroatoms. The zero-order chi connectivity index (χ0) is 22.1. The molecule has 0 saturated heterocycles. The molecule has 1 atom stereocenters. The molecule has 1 unspecified atom stereocenters. The van der Waals surface area contributed by atoms with Crippen LogP contribution >= 0.6 is 0 Å². The summed E-state index contributed by atoms with van der Waals surface area (Å²) in [6, 6.07) is 17.4. The van der Waals surface area contributed by atoms with Crippen molar-refractivity contribution in [3.05, 3.63) is 83.9 Å². The van der Waals surface area contributed by atoms with Crippen LogP contribution in [0.4, 0.5) is 5.82 Å². The van der Waals surface area contributed by atoms with Crippen LogP contribution in [0.1, 0.15) is 40.6 Å². The van der Waals surface area contributed by atoms with Gasteiger partial charge in [-0.25, -0.2) is 9.97 Å². The Kier molecular flexibility index (Phi) is 5.23. The number of methoxy groups -OCH3 is 1. The smallest absolute Gasteiger partial charge is 0.252 e. The molecule has 32 heavy (non-hydrogen) atoms. The van der Waals surface area contributed by atoms with E-state index in [1.54, 1.807) is 13.3 Å². The highest BCUT2D eigenvalue weighted by Gasteiger charge is 2.26. The monoisotopic (exact) mass is 427 g/mol. The third kappa shape index (κ3) is 4.01. The van der Waals surface area contributed by atoms with Gasteiger partial charge in [0.25, 0.3) is 5.91 Å². The molecule has 4 aromatic rings. The highest BCUT2D eigenvalue weighted by molar-refractivity contribution is 6.07. The fourth-order valence-electron chi connectivity index (χ4n) is 3.85. The molecule has 2 heterocycles. The minimum atomic E-state index is -0.280. The molecule has 162 valence electrons. The number of carbonyl (C=O) groups is 1. The minimum Gasteiger partial charge on any atom is -0.497 e. The first kappa shape index (κ1) is 20.1. The van der Waals surface area contributed by atoms with Gasteiger partial charge >= 0.3 is 0 Å². The fourth-order valence-corrected chi connectivity index (χ4v) is 3.85. The number of carbonyl (C=O) groups excluding carboxylic acids is 1. The zero-order valence-corrected chi connectivity index (χ0v) is 18.1. The van der Waals surface area contributed by atoms with Gasteiger partial charge in [0.1, 0.15) is 23.4 Å². The number of ether oxygens (including phenoxy) is 1. The second-order valence-corrected chi connectivity index (χ2v) is 8.07. The number of imidazole rings is 1. The van der Waals surface area contributed by atoms with Gasteiger partial charge in [0.2, 0.25) is 0 Å².